The van der Waals surface area contributed by atoms with E-state index < -0.39 is 18.9 Å². The molecule has 0 spiro atoms. The number of halogens is 3. The molecule has 0 aliphatic heterocycles. The van der Waals surface area contributed by atoms with Crippen molar-refractivity contribution < 1.29 is 13.6 Å². The molecule has 8 heteroatoms. The van der Waals surface area contributed by atoms with E-state index in [2.05, 4.69) is 10.3 Å². The van der Waals surface area contributed by atoms with Crippen molar-refractivity contribution in [3.8, 4) is 0 Å². The normalized spacial score (nSPS) is 15.6. The van der Waals surface area contributed by atoms with Crippen LogP contribution in [0.15, 0.2) is 4.99 Å². The molecule has 1 amide bonds. The maximum absolute atomic E-state index is 11.7. The summed E-state index contributed by atoms with van der Waals surface area (Å²) >= 11 is 0. The van der Waals surface area contributed by atoms with Crippen LogP contribution in [0.25, 0.3) is 0 Å². The monoisotopic (exact) mass is 348 g/mol. The quantitative estimate of drug-likeness (QED) is 0.373. The minimum atomic E-state index is -2.54. The smallest absolute Gasteiger partial charge is 0.255 e. The number of carbonyl (C=O) groups excluding carboxylic acids is 1. The van der Waals surface area contributed by atoms with Gasteiger partial charge in [-0.15, -0.1) is 24.0 Å². The predicted molar refractivity (Wildman–Crippen MR) is 67.1 cm³/mol. The lowest BCUT2D eigenvalue weighted by Crippen LogP contribution is -2.36. The highest BCUT2D eigenvalue weighted by molar-refractivity contribution is 14.0. The molecule has 1 saturated carbocycles. The fraction of sp³-hybridized carbons (Fsp3) is 0.750. The average Bonchev–Trinajstić information content (AvgIpc) is 2.95. The second-order valence-electron chi connectivity index (χ2n) is 3.32. The number of alkyl halides is 2. The maximum atomic E-state index is 11.7. The van der Waals surface area contributed by atoms with Gasteiger partial charge in [-0.05, 0) is 12.8 Å². The van der Waals surface area contributed by atoms with Gasteiger partial charge >= 0.3 is 0 Å². The van der Waals surface area contributed by atoms with E-state index in [9.17, 15) is 13.6 Å². The number of guanidine groups is 1. The molecule has 0 aromatic carbocycles. The van der Waals surface area contributed by atoms with E-state index in [1.807, 2.05) is 5.32 Å². The first-order valence-electron chi connectivity index (χ1n) is 4.69. The Balaban J connectivity index is 0.00000225. The molecule has 4 N–H and O–H groups in total. The SMILES string of the molecule is I.NC(=NCC(=O)NCC(F)F)NC1CC1. The Morgan fingerprint density at radius 1 is 1.50 bits per heavy atom. The molecule has 0 heterocycles. The number of nitrogens with two attached hydrogens (primary N) is 1. The molecule has 94 valence electrons. The highest BCUT2D eigenvalue weighted by atomic mass is 127. The summed E-state index contributed by atoms with van der Waals surface area (Å²) in [6.45, 7) is -0.872. The minimum absolute atomic E-state index is 0. The third-order valence-corrected chi connectivity index (χ3v) is 1.78. The zero-order valence-electron chi connectivity index (χ0n) is 8.58. The summed E-state index contributed by atoms with van der Waals surface area (Å²) in [5.74, 6) is -0.374. The van der Waals surface area contributed by atoms with Gasteiger partial charge in [-0.1, -0.05) is 0 Å². The third kappa shape index (κ3) is 7.60. The van der Waals surface area contributed by atoms with E-state index >= 15 is 0 Å². The van der Waals surface area contributed by atoms with Gasteiger partial charge < -0.3 is 16.4 Å². The lowest BCUT2D eigenvalue weighted by molar-refractivity contribution is -0.120. The number of carbonyl (C=O) groups is 1. The van der Waals surface area contributed by atoms with Gasteiger partial charge in [0.2, 0.25) is 5.91 Å². The van der Waals surface area contributed by atoms with Gasteiger partial charge in [0.15, 0.2) is 5.96 Å². The molecule has 1 aliphatic carbocycles. The Morgan fingerprint density at radius 2 is 2.12 bits per heavy atom. The van der Waals surface area contributed by atoms with E-state index in [1.54, 1.807) is 0 Å². The van der Waals surface area contributed by atoms with E-state index in [0.29, 0.717) is 6.04 Å². The number of rotatable bonds is 5. The highest BCUT2D eigenvalue weighted by Gasteiger charge is 2.21. The molecule has 1 fully saturated rings. The van der Waals surface area contributed by atoms with Crippen molar-refractivity contribution in [2.24, 2.45) is 10.7 Å². The predicted octanol–water partition coefficient (Wildman–Crippen LogP) is 0.0524. The third-order valence-electron chi connectivity index (χ3n) is 1.78. The van der Waals surface area contributed by atoms with Crippen molar-refractivity contribution in [2.45, 2.75) is 25.3 Å². The Hall–Kier alpha value is -0.670. The van der Waals surface area contributed by atoms with Crippen LogP contribution in [0.3, 0.4) is 0 Å². The molecular formula is C8H15F2IN4O. The van der Waals surface area contributed by atoms with Crippen LogP contribution in [0.2, 0.25) is 0 Å². The van der Waals surface area contributed by atoms with Crippen LogP contribution in [-0.4, -0.2) is 37.4 Å². The Labute approximate surface area is 109 Å². The van der Waals surface area contributed by atoms with E-state index in [0.717, 1.165) is 12.8 Å². The molecule has 16 heavy (non-hydrogen) atoms. The van der Waals surface area contributed by atoms with Crippen LogP contribution in [0, 0.1) is 0 Å². The summed E-state index contributed by atoms with van der Waals surface area (Å²) in [6.07, 6.45) is -0.443. The van der Waals surface area contributed by atoms with Gasteiger partial charge in [-0.25, -0.2) is 13.8 Å². The second kappa shape index (κ2) is 7.58. The number of hydrogen-bond donors (Lipinski definition) is 3. The number of hydrogen-bond acceptors (Lipinski definition) is 2. The summed E-state index contributed by atoms with van der Waals surface area (Å²) < 4.78 is 23.4. The first kappa shape index (κ1) is 15.3. The summed E-state index contributed by atoms with van der Waals surface area (Å²) in [4.78, 5) is 14.6. The first-order valence-corrected chi connectivity index (χ1v) is 4.69. The second-order valence-corrected chi connectivity index (χ2v) is 3.32. The van der Waals surface area contributed by atoms with Crippen molar-refractivity contribution in [1.29, 1.82) is 0 Å². The van der Waals surface area contributed by atoms with Gasteiger partial charge in [0.05, 0.1) is 6.54 Å². The summed E-state index contributed by atoms with van der Waals surface area (Å²) in [5, 5.41) is 4.90. The largest absolute Gasteiger partial charge is 0.370 e. The molecule has 0 radical (unpaired) electrons. The Morgan fingerprint density at radius 3 is 2.62 bits per heavy atom. The van der Waals surface area contributed by atoms with E-state index in [1.165, 1.54) is 0 Å². The number of nitrogens with zero attached hydrogens (tertiary/aromatic N) is 1. The summed E-state index contributed by atoms with van der Waals surface area (Å²) in [7, 11) is 0. The fourth-order valence-electron chi connectivity index (χ4n) is 0.886. The van der Waals surface area contributed by atoms with Crippen molar-refractivity contribution in [3.63, 3.8) is 0 Å². The molecule has 5 nitrogen and oxygen atoms in total. The molecule has 0 unspecified atom stereocenters. The van der Waals surface area contributed by atoms with Gasteiger partial charge in [-0.2, -0.15) is 0 Å². The van der Waals surface area contributed by atoms with Gasteiger partial charge in [0.1, 0.15) is 6.54 Å². The van der Waals surface area contributed by atoms with Crippen LogP contribution in [0.1, 0.15) is 12.8 Å². The lowest BCUT2D eigenvalue weighted by atomic mass is 10.5. The zero-order valence-corrected chi connectivity index (χ0v) is 10.9. The molecule has 0 saturated heterocycles. The van der Waals surface area contributed by atoms with Crippen LogP contribution in [-0.2, 0) is 4.79 Å². The van der Waals surface area contributed by atoms with Crippen molar-refractivity contribution in [1.82, 2.24) is 10.6 Å². The lowest BCUT2D eigenvalue weighted by Gasteiger charge is -2.04. The van der Waals surface area contributed by atoms with E-state index in [-0.39, 0.29) is 36.5 Å². The number of nitrogens with one attached hydrogen (secondary N) is 2. The maximum Gasteiger partial charge on any atom is 0.255 e. The Bertz CT molecular complexity index is 258. The standard InChI is InChI=1S/C8H14F2N4O.HI/c9-6(10)3-12-7(15)4-13-8(11)14-5-1-2-5;/h5-6H,1-4H2,(H,12,15)(H3,11,13,14);1H. The highest BCUT2D eigenvalue weighted by Crippen LogP contribution is 2.17. The number of aliphatic imine (C=N–C) groups is 1. The summed E-state index contributed by atoms with van der Waals surface area (Å²) in [5.41, 5.74) is 5.43. The van der Waals surface area contributed by atoms with Gasteiger partial charge in [0.25, 0.3) is 6.43 Å². The molecule has 0 bridgehead atoms. The van der Waals surface area contributed by atoms with Crippen molar-refractivity contribution in [2.75, 3.05) is 13.1 Å². The Kier molecular flexibility index (Phi) is 7.26. The van der Waals surface area contributed by atoms with Crippen molar-refractivity contribution >= 4 is 35.8 Å². The topological polar surface area (TPSA) is 79.5 Å². The average molecular weight is 348 g/mol. The van der Waals surface area contributed by atoms with Crippen LogP contribution >= 0.6 is 24.0 Å². The van der Waals surface area contributed by atoms with Gasteiger partial charge in [0, 0.05) is 6.04 Å². The van der Waals surface area contributed by atoms with Crippen molar-refractivity contribution in [3.05, 3.63) is 0 Å². The zero-order chi connectivity index (χ0) is 11.3. The molecule has 0 atom stereocenters. The van der Waals surface area contributed by atoms with Crippen LogP contribution in [0.4, 0.5) is 8.78 Å². The van der Waals surface area contributed by atoms with Crippen LogP contribution in [0.5, 0.6) is 0 Å². The van der Waals surface area contributed by atoms with Crippen LogP contribution < -0.4 is 16.4 Å². The fourth-order valence-corrected chi connectivity index (χ4v) is 0.886. The first-order chi connectivity index (χ1) is 7.08. The molecule has 0 aromatic rings. The number of amides is 1. The molecule has 1 aliphatic rings. The van der Waals surface area contributed by atoms with Gasteiger partial charge in [-0.3, -0.25) is 4.79 Å². The minimum Gasteiger partial charge on any atom is -0.370 e. The molecule has 1 rings (SSSR count). The molecule has 0 aromatic heterocycles. The molecular weight excluding hydrogens is 333 g/mol. The van der Waals surface area contributed by atoms with E-state index in [4.69, 9.17) is 5.73 Å². The summed E-state index contributed by atoms with van der Waals surface area (Å²) in [6, 6.07) is 0.359.